The second kappa shape index (κ2) is 7.77. The molecule has 1 saturated heterocycles. The van der Waals surface area contributed by atoms with E-state index in [1.807, 2.05) is 0 Å². The molecule has 26 heavy (non-hydrogen) atoms. The second-order valence-corrected chi connectivity index (χ2v) is 7.30. The van der Waals surface area contributed by atoms with Crippen molar-refractivity contribution in [2.45, 2.75) is 51.2 Å². The number of aliphatic hydroxyl groups is 2. The number of carbonyl (C=O) groups excluding carboxylic acids is 2. The molecular formula is C19H26N2O5. The van der Waals surface area contributed by atoms with E-state index in [4.69, 9.17) is 11.3 Å². The highest BCUT2D eigenvalue weighted by Crippen LogP contribution is 2.49. The standard InChI is InChI=1S/C19H26N2O5/c1-3-5-6-9-26-20-13-10-14(22)17(23)15-11(13)7-8-12-16(15)19(25)21(4-2)18(12)24/h1,11-12,14-17,22-23H,4-10H2,2H3/b20-13+/t11-,12-,14-,15+,16-,17-/m1/s1. The van der Waals surface area contributed by atoms with Gasteiger partial charge in [-0.05, 0) is 26.2 Å². The summed E-state index contributed by atoms with van der Waals surface area (Å²) in [5.74, 6) is 0.496. The van der Waals surface area contributed by atoms with Gasteiger partial charge in [0.25, 0.3) is 0 Å². The van der Waals surface area contributed by atoms with Crippen LogP contribution in [0.15, 0.2) is 5.16 Å². The first-order chi connectivity index (χ1) is 12.5. The van der Waals surface area contributed by atoms with Crippen molar-refractivity contribution in [1.29, 1.82) is 0 Å². The van der Waals surface area contributed by atoms with Crippen molar-refractivity contribution in [3.05, 3.63) is 0 Å². The largest absolute Gasteiger partial charge is 0.396 e. The molecule has 6 atom stereocenters. The van der Waals surface area contributed by atoms with Gasteiger partial charge in [-0.3, -0.25) is 14.5 Å². The van der Waals surface area contributed by atoms with Gasteiger partial charge < -0.3 is 15.1 Å². The minimum absolute atomic E-state index is 0.155. The Labute approximate surface area is 153 Å². The van der Waals surface area contributed by atoms with Gasteiger partial charge >= 0.3 is 0 Å². The lowest BCUT2D eigenvalue weighted by molar-refractivity contribution is -0.141. The highest BCUT2D eigenvalue weighted by Gasteiger charge is 2.59. The number of carbonyl (C=O) groups is 2. The number of imide groups is 1. The van der Waals surface area contributed by atoms with Crippen molar-refractivity contribution >= 4 is 17.5 Å². The molecule has 2 amide bonds. The van der Waals surface area contributed by atoms with Gasteiger partial charge in [0.2, 0.25) is 11.8 Å². The third-order valence-corrected chi connectivity index (χ3v) is 5.93. The lowest BCUT2D eigenvalue weighted by Crippen LogP contribution is -2.54. The Balaban J connectivity index is 1.81. The molecule has 1 heterocycles. The third kappa shape index (κ3) is 3.12. The maximum Gasteiger partial charge on any atom is 0.233 e. The molecule has 0 aromatic heterocycles. The summed E-state index contributed by atoms with van der Waals surface area (Å²) in [7, 11) is 0. The van der Waals surface area contributed by atoms with Crippen molar-refractivity contribution in [3.63, 3.8) is 0 Å². The van der Waals surface area contributed by atoms with Crippen LogP contribution >= 0.6 is 0 Å². The lowest BCUT2D eigenvalue weighted by Gasteiger charge is -2.45. The molecule has 3 aliphatic rings. The molecular weight excluding hydrogens is 336 g/mol. The Morgan fingerprint density at radius 3 is 2.69 bits per heavy atom. The number of hydrogen-bond acceptors (Lipinski definition) is 6. The van der Waals surface area contributed by atoms with Crippen molar-refractivity contribution in [3.8, 4) is 12.3 Å². The summed E-state index contributed by atoms with van der Waals surface area (Å²) < 4.78 is 0. The minimum Gasteiger partial charge on any atom is -0.396 e. The van der Waals surface area contributed by atoms with E-state index in [0.29, 0.717) is 44.5 Å². The van der Waals surface area contributed by atoms with Gasteiger partial charge in [-0.1, -0.05) is 5.16 Å². The monoisotopic (exact) mass is 362 g/mol. The molecule has 3 fully saturated rings. The van der Waals surface area contributed by atoms with E-state index in [1.165, 1.54) is 4.90 Å². The predicted molar refractivity (Wildman–Crippen MR) is 93.7 cm³/mol. The Morgan fingerprint density at radius 1 is 1.27 bits per heavy atom. The summed E-state index contributed by atoms with van der Waals surface area (Å²) in [4.78, 5) is 31.9. The van der Waals surface area contributed by atoms with E-state index in [-0.39, 0.29) is 24.2 Å². The minimum atomic E-state index is -1.04. The maximum absolute atomic E-state index is 12.7. The predicted octanol–water partition coefficient (Wildman–Crippen LogP) is 0.545. The number of hydrogen-bond donors (Lipinski definition) is 2. The number of likely N-dealkylation sites (tertiary alicyclic amines) is 1. The van der Waals surface area contributed by atoms with Crippen molar-refractivity contribution in [2.75, 3.05) is 13.2 Å². The quantitative estimate of drug-likeness (QED) is 0.322. The first-order valence-corrected chi connectivity index (χ1v) is 9.34. The Hall–Kier alpha value is -1.91. The summed E-state index contributed by atoms with van der Waals surface area (Å²) >= 11 is 0. The van der Waals surface area contributed by atoms with Crippen LogP contribution in [-0.4, -0.2) is 58.0 Å². The SMILES string of the molecule is C#CCCCO/N=C1\C[C@@H](O)[C@@H](O)[C@@H]2[C@@H]3C(=O)N(CC)C(=O)[C@@H]3CC[C@H]12. The molecule has 0 spiro atoms. The average Bonchev–Trinajstić information content (AvgIpc) is 2.88. The zero-order valence-corrected chi connectivity index (χ0v) is 15.0. The van der Waals surface area contributed by atoms with Crippen molar-refractivity contribution in [2.24, 2.45) is 28.8 Å². The Bertz CT molecular complexity index is 640. The van der Waals surface area contributed by atoms with Crippen LogP contribution in [0.5, 0.6) is 0 Å². The summed E-state index contributed by atoms with van der Waals surface area (Å²) in [6.45, 7) is 2.49. The molecule has 7 heteroatoms. The van der Waals surface area contributed by atoms with Crippen LogP contribution in [0.2, 0.25) is 0 Å². The topological polar surface area (TPSA) is 99.4 Å². The number of aliphatic hydroxyl groups excluding tert-OH is 2. The number of fused-ring (bicyclic) bond motifs is 3. The van der Waals surface area contributed by atoms with Crippen LogP contribution in [-0.2, 0) is 14.4 Å². The van der Waals surface area contributed by atoms with Crippen LogP contribution in [0.1, 0.15) is 39.0 Å². The number of rotatable bonds is 5. The molecule has 1 aliphatic heterocycles. The van der Waals surface area contributed by atoms with Gasteiger partial charge in [0.05, 0.1) is 29.8 Å². The average molecular weight is 362 g/mol. The molecule has 2 saturated carbocycles. The fourth-order valence-corrected chi connectivity index (χ4v) is 4.72. The Morgan fingerprint density at radius 2 is 2.00 bits per heavy atom. The van der Waals surface area contributed by atoms with E-state index >= 15 is 0 Å². The zero-order chi connectivity index (χ0) is 18.8. The van der Waals surface area contributed by atoms with Crippen molar-refractivity contribution < 1.29 is 24.6 Å². The van der Waals surface area contributed by atoms with E-state index in [0.717, 1.165) is 0 Å². The van der Waals surface area contributed by atoms with Gasteiger partial charge in [-0.2, -0.15) is 0 Å². The fourth-order valence-electron chi connectivity index (χ4n) is 4.72. The van der Waals surface area contributed by atoms with Gasteiger partial charge in [-0.15, -0.1) is 12.3 Å². The molecule has 3 rings (SSSR count). The van der Waals surface area contributed by atoms with E-state index in [9.17, 15) is 19.8 Å². The molecule has 0 aromatic rings. The van der Waals surface area contributed by atoms with E-state index < -0.39 is 30.0 Å². The number of unbranched alkanes of at least 4 members (excludes halogenated alkanes) is 1. The van der Waals surface area contributed by atoms with Crippen LogP contribution in [0, 0.1) is 36.0 Å². The molecule has 0 bridgehead atoms. The maximum atomic E-state index is 12.7. The number of nitrogens with zero attached hydrogens (tertiary/aromatic N) is 2. The number of amides is 2. The third-order valence-electron chi connectivity index (χ3n) is 5.93. The van der Waals surface area contributed by atoms with Crippen LogP contribution in [0.25, 0.3) is 0 Å². The molecule has 142 valence electrons. The normalized spacial score (nSPS) is 38.1. The molecule has 0 aromatic carbocycles. The van der Waals surface area contributed by atoms with Crippen LogP contribution in [0.4, 0.5) is 0 Å². The van der Waals surface area contributed by atoms with Gasteiger partial charge in [0, 0.05) is 31.2 Å². The smallest absolute Gasteiger partial charge is 0.233 e. The highest BCUT2D eigenvalue weighted by molar-refractivity contribution is 6.06. The zero-order valence-electron chi connectivity index (χ0n) is 15.0. The van der Waals surface area contributed by atoms with Gasteiger partial charge in [0.1, 0.15) is 6.61 Å². The summed E-state index contributed by atoms with van der Waals surface area (Å²) in [6.07, 6.45) is 5.90. The van der Waals surface area contributed by atoms with Gasteiger partial charge in [-0.25, -0.2) is 0 Å². The number of oxime groups is 1. The van der Waals surface area contributed by atoms with Crippen LogP contribution in [0.3, 0.4) is 0 Å². The van der Waals surface area contributed by atoms with Gasteiger partial charge in [0.15, 0.2) is 0 Å². The molecule has 0 unspecified atom stereocenters. The summed E-state index contributed by atoms with van der Waals surface area (Å²) in [5, 5.41) is 25.1. The van der Waals surface area contributed by atoms with E-state index in [2.05, 4.69) is 11.1 Å². The summed E-state index contributed by atoms with van der Waals surface area (Å²) in [6, 6.07) is 0. The first kappa shape index (κ1) is 18.9. The first-order valence-electron chi connectivity index (χ1n) is 9.34. The number of terminal acetylenes is 1. The van der Waals surface area contributed by atoms with E-state index in [1.54, 1.807) is 6.92 Å². The second-order valence-electron chi connectivity index (χ2n) is 7.30. The molecule has 2 aliphatic carbocycles. The highest BCUT2D eigenvalue weighted by atomic mass is 16.6. The fraction of sp³-hybridized carbons (Fsp3) is 0.737. The molecule has 2 N–H and O–H groups in total. The van der Waals surface area contributed by atoms with Crippen molar-refractivity contribution in [1.82, 2.24) is 4.90 Å². The Kier molecular flexibility index (Phi) is 5.64. The van der Waals surface area contributed by atoms with Crippen LogP contribution < -0.4 is 0 Å². The summed E-state index contributed by atoms with van der Waals surface area (Å²) in [5.41, 5.74) is 0.669. The lowest BCUT2D eigenvalue weighted by atomic mass is 9.60. The molecule has 0 radical (unpaired) electrons. The molecule has 7 nitrogen and oxygen atoms in total.